The Balaban J connectivity index is 3.51. The van der Waals surface area contributed by atoms with Gasteiger partial charge in [0.05, 0.1) is 8.07 Å². The molecule has 0 aromatic heterocycles. The van der Waals surface area contributed by atoms with Crippen molar-refractivity contribution in [3.63, 3.8) is 0 Å². The quantitative estimate of drug-likeness (QED) is 0.643. The molecular weight excluding hydrogens is 164 g/mol. The van der Waals surface area contributed by atoms with Crippen molar-refractivity contribution in [2.75, 3.05) is 6.54 Å². The van der Waals surface area contributed by atoms with Crippen molar-refractivity contribution in [2.24, 2.45) is 5.73 Å². The van der Waals surface area contributed by atoms with Gasteiger partial charge in [-0.2, -0.15) is 0 Å². The van der Waals surface area contributed by atoms with Gasteiger partial charge in [-0.3, -0.25) is 0 Å². The van der Waals surface area contributed by atoms with Crippen LogP contribution < -0.4 is 11.1 Å². The van der Waals surface area contributed by atoms with Crippen LogP contribution in [0.4, 0.5) is 0 Å². The fourth-order valence-corrected chi connectivity index (χ4v) is 1.97. The Morgan fingerprint density at radius 3 is 2.08 bits per heavy atom. The summed E-state index contributed by atoms with van der Waals surface area (Å²) in [4.78, 5) is 0. The van der Waals surface area contributed by atoms with E-state index in [4.69, 9.17) is 5.73 Å². The van der Waals surface area contributed by atoms with Crippen LogP contribution in [-0.2, 0) is 0 Å². The number of nitrogens with one attached hydrogen (secondary N) is 1. The van der Waals surface area contributed by atoms with Crippen LogP contribution in [0.1, 0.15) is 20.3 Å². The average molecular weight is 188 g/mol. The van der Waals surface area contributed by atoms with Gasteiger partial charge in [-0.15, -0.1) is 0 Å². The topological polar surface area (TPSA) is 38.0 Å². The zero-order chi connectivity index (χ0) is 9.78. The molecule has 0 saturated heterocycles. The Kier molecular flexibility index (Phi) is 5.05. The molecule has 74 valence electrons. The molecule has 0 radical (unpaired) electrons. The second kappa shape index (κ2) is 4.99. The predicted molar refractivity (Wildman–Crippen MR) is 59.1 cm³/mol. The summed E-state index contributed by atoms with van der Waals surface area (Å²) in [7, 11) is -1.09. The van der Waals surface area contributed by atoms with E-state index in [0.29, 0.717) is 11.7 Å². The maximum Gasteiger partial charge on any atom is 0.0632 e. The zero-order valence-electron chi connectivity index (χ0n) is 9.15. The molecule has 0 aliphatic carbocycles. The molecule has 0 rings (SSSR count). The second-order valence-electron chi connectivity index (χ2n) is 4.87. The maximum atomic E-state index is 6.06. The molecule has 0 aliphatic rings. The average Bonchev–Trinajstić information content (AvgIpc) is 1.84. The van der Waals surface area contributed by atoms with Crippen molar-refractivity contribution < 1.29 is 0 Å². The molecule has 0 fully saturated rings. The molecule has 12 heavy (non-hydrogen) atoms. The lowest BCUT2D eigenvalue weighted by Gasteiger charge is -2.25. The molecule has 2 nitrogen and oxygen atoms in total. The zero-order valence-corrected chi connectivity index (χ0v) is 10.1. The first kappa shape index (κ1) is 12.1. The highest BCUT2D eigenvalue weighted by Crippen LogP contribution is 2.07. The second-order valence-corrected chi connectivity index (χ2v) is 10.3. The number of hydrogen-bond acceptors (Lipinski definition) is 2. The highest BCUT2D eigenvalue weighted by atomic mass is 28.3. The minimum absolute atomic E-state index is 0.434. The van der Waals surface area contributed by atoms with Crippen LogP contribution in [0.2, 0.25) is 19.6 Å². The fraction of sp³-hybridized carbons (Fsp3) is 1.00. The van der Waals surface area contributed by atoms with Gasteiger partial charge in [0.2, 0.25) is 0 Å². The van der Waals surface area contributed by atoms with E-state index in [2.05, 4.69) is 38.8 Å². The molecule has 0 heterocycles. The molecule has 0 aliphatic heterocycles. The number of nitrogens with two attached hydrogens (primary N) is 1. The first-order valence-electron chi connectivity index (χ1n) is 4.83. The van der Waals surface area contributed by atoms with Gasteiger partial charge in [0.25, 0.3) is 0 Å². The summed E-state index contributed by atoms with van der Waals surface area (Å²) in [6.45, 7) is 12.4. The Bertz CT molecular complexity index is 118. The number of hydrogen-bond donors (Lipinski definition) is 2. The molecule has 0 spiro atoms. The molecule has 0 saturated carbocycles. The van der Waals surface area contributed by atoms with Gasteiger partial charge in [0.15, 0.2) is 0 Å². The van der Waals surface area contributed by atoms with E-state index < -0.39 is 8.07 Å². The molecule has 3 N–H and O–H groups in total. The van der Waals surface area contributed by atoms with Crippen LogP contribution in [0, 0.1) is 0 Å². The molecule has 1 unspecified atom stereocenters. The van der Waals surface area contributed by atoms with Crippen molar-refractivity contribution in [1.29, 1.82) is 0 Å². The monoisotopic (exact) mass is 188 g/mol. The summed E-state index contributed by atoms with van der Waals surface area (Å²) in [6.07, 6.45) is 1.12. The Morgan fingerprint density at radius 1 is 1.25 bits per heavy atom. The lowest BCUT2D eigenvalue weighted by atomic mass is 10.3. The third kappa shape index (κ3) is 5.74. The van der Waals surface area contributed by atoms with Crippen LogP contribution in [-0.4, -0.2) is 26.3 Å². The van der Waals surface area contributed by atoms with Crippen LogP contribution in [0.5, 0.6) is 0 Å². The van der Waals surface area contributed by atoms with E-state index >= 15 is 0 Å². The summed E-state index contributed by atoms with van der Waals surface area (Å²) in [5.74, 6) is 0. The maximum absolute atomic E-state index is 6.06. The Morgan fingerprint density at radius 2 is 1.75 bits per heavy atom. The molecule has 0 bridgehead atoms. The van der Waals surface area contributed by atoms with Gasteiger partial charge in [-0.1, -0.05) is 33.5 Å². The third-order valence-electron chi connectivity index (χ3n) is 2.12. The van der Waals surface area contributed by atoms with Crippen molar-refractivity contribution in [3.05, 3.63) is 0 Å². The Hall–Kier alpha value is 0.137. The largest absolute Gasteiger partial charge is 0.330 e. The summed E-state index contributed by atoms with van der Waals surface area (Å²) < 4.78 is 0. The van der Waals surface area contributed by atoms with E-state index in [1.54, 1.807) is 0 Å². The minimum atomic E-state index is -1.09. The van der Waals surface area contributed by atoms with Gasteiger partial charge in [-0.25, -0.2) is 0 Å². The van der Waals surface area contributed by atoms with E-state index in [1.807, 2.05) is 0 Å². The standard InChI is InChI=1S/C9H24N2Si/c1-8(2)11-7-6-9(10)12(3,4)5/h8-9,11H,6-7,10H2,1-5H3. The first-order valence-corrected chi connectivity index (χ1v) is 8.40. The molecule has 0 aromatic rings. The first-order chi connectivity index (χ1) is 5.34. The molecular formula is C9H24N2Si. The smallest absolute Gasteiger partial charge is 0.0632 e. The van der Waals surface area contributed by atoms with E-state index in [-0.39, 0.29) is 0 Å². The normalized spacial score (nSPS) is 15.2. The lowest BCUT2D eigenvalue weighted by molar-refractivity contribution is 0.560. The summed E-state index contributed by atoms with van der Waals surface area (Å²) in [5, 5.41) is 3.39. The van der Waals surface area contributed by atoms with Gasteiger partial charge in [0, 0.05) is 6.04 Å². The van der Waals surface area contributed by atoms with E-state index in [9.17, 15) is 0 Å². The van der Waals surface area contributed by atoms with E-state index in [1.165, 1.54) is 0 Å². The van der Waals surface area contributed by atoms with Gasteiger partial charge in [0.1, 0.15) is 0 Å². The lowest BCUT2D eigenvalue weighted by Crippen LogP contribution is -2.47. The molecule has 0 aromatic carbocycles. The van der Waals surface area contributed by atoms with Crippen molar-refractivity contribution in [2.45, 2.75) is 51.6 Å². The van der Waals surface area contributed by atoms with Crippen LogP contribution in [0.25, 0.3) is 0 Å². The van der Waals surface area contributed by atoms with Gasteiger partial charge >= 0.3 is 0 Å². The highest BCUT2D eigenvalue weighted by Gasteiger charge is 2.21. The summed E-state index contributed by atoms with van der Waals surface area (Å²) in [5.41, 5.74) is 6.49. The van der Waals surface area contributed by atoms with Gasteiger partial charge < -0.3 is 11.1 Å². The molecule has 0 amide bonds. The van der Waals surface area contributed by atoms with E-state index in [0.717, 1.165) is 13.0 Å². The predicted octanol–water partition coefficient (Wildman–Crippen LogP) is 1.58. The minimum Gasteiger partial charge on any atom is -0.330 e. The van der Waals surface area contributed by atoms with Crippen molar-refractivity contribution in [1.82, 2.24) is 5.32 Å². The van der Waals surface area contributed by atoms with Gasteiger partial charge in [-0.05, 0) is 18.6 Å². The summed E-state index contributed by atoms with van der Waals surface area (Å²) in [6, 6.07) is 0.582. The Labute approximate surface area is 77.9 Å². The van der Waals surface area contributed by atoms with Crippen LogP contribution >= 0.6 is 0 Å². The highest BCUT2D eigenvalue weighted by molar-refractivity contribution is 6.77. The summed E-state index contributed by atoms with van der Waals surface area (Å²) >= 11 is 0. The van der Waals surface area contributed by atoms with Crippen molar-refractivity contribution >= 4 is 8.07 Å². The SMILES string of the molecule is CC(C)NCCC(N)[Si](C)(C)C. The number of rotatable bonds is 5. The van der Waals surface area contributed by atoms with Crippen molar-refractivity contribution in [3.8, 4) is 0 Å². The molecule has 1 atom stereocenters. The fourth-order valence-electron chi connectivity index (χ4n) is 0.961. The molecule has 3 heteroatoms. The van der Waals surface area contributed by atoms with Crippen LogP contribution in [0.3, 0.4) is 0 Å². The third-order valence-corrected chi connectivity index (χ3v) is 4.63. The van der Waals surface area contributed by atoms with Crippen LogP contribution in [0.15, 0.2) is 0 Å².